The molecule has 30 heavy (non-hydrogen) atoms. The van der Waals surface area contributed by atoms with Crippen LogP contribution in [0.4, 0.5) is 11.8 Å². The molecule has 0 unspecified atom stereocenters. The minimum absolute atomic E-state index is 0.135. The smallest absolute Gasteiger partial charge is 0.258 e. The number of para-hydroxylation sites is 1. The van der Waals surface area contributed by atoms with Crippen LogP contribution in [-0.2, 0) is 4.79 Å². The SMILES string of the molecule is CCN1CCN(c2nc3c(c(=O)[nH]2)[C@H](c2cccc(OC)c2OC)CC(=O)N3)CC1. The van der Waals surface area contributed by atoms with Gasteiger partial charge < -0.3 is 24.6 Å². The molecule has 9 nitrogen and oxygen atoms in total. The van der Waals surface area contributed by atoms with Crippen LogP contribution in [0.2, 0.25) is 0 Å². The third kappa shape index (κ3) is 3.60. The summed E-state index contributed by atoms with van der Waals surface area (Å²) in [5.74, 6) is 1.23. The van der Waals surface area contributed by atoms with Crippen LogP contribution in [0.5, 0.6) is 11.5 Å². The van der Waals surface area contributed by atoms with E-state index in [2.05, 4.69) is 32.0 Å². The van der Waals surface area contributed by atoms with Crippen LogP contribution in [0.15, 0.2) is 23.0 Å². The largest absolute Gasteiger partial charge is 0.493 e. The fourth-order valence-corrected chi connectivity index (χ4v) is 4.24. The van der Waals surface area contributed by atoms with E-state index in [0.717, 1.165) is 38.3 Å². The maximum Gasteiger partial charge on any atom is 0.258 e. The fraction of sp³-hybridized carbons (Fsp3) is 0.476. The lowest BCUT2D eigenvalue weighted by Crippen LogP contribution is -2.47. The van der Waals surface area contributed by atoms with Crippen molar-refractivity contribution in [2.75, 3.05) is 57.2 Å². The number of piperazine rings is 1. The molecule has 0 radical (unpaired) electrons. The summed E-state index contributed by atoms with van der Waals surface area (Å²) in [4.78, 5) is 37.6. The van der Waals surface area contributed by atoms with Crippen LogP contribution in [0.1, 0.15) is 30.4 Å². The lowest BCUT2D eigenvalue weighted by molar-refractivity contribution is -0.116. The van der Waals surface area contributed by atoms with Crippen LogP contribution < -0.4 is 25.2 Å². The summed E-state index contributed by atoms with van der Waals surface area (Å²) in [5, 5.41) is 2.79. The number of nitrogens with one attached hydrogen (secondary N) is 2. The molecular formula is C21H27N5O4. The summed E-state index contributed by atoms with van der Waals surface area (Å²) >= 11 is 0. The highest BCUT2D eigenvalue weighted by Gasteiger charge is 2.34. The number of methoxy groups -OCH3 is 2. The Hall–Kier alpha value is -3.07. The molecule has 1 amide bonds. The van der Waals surface area contributed by atoms with Crippen molar-refractivity contribution in [3.8, 4) is 11.5 Å². The second-order valence-electron chi connectivity index (χ2n) is 7.46. The molecule has 1 atom stereocenters. The zero-order valence-corrected chi connectivity index (χ0v) is 17.5. The highest BCUT2D eigenvalue weighted by Crippen LogP contribution is 2.42. The van der Waals surface area contributed by atoms with Crippen LogP contribution >= 0.6 is 0 Å². The molecule has 4 rings (SSSR count). The number of benzene rings is 1. The minimum atomic E-state index is -0.471. The monoisotopic (exact) mass is 413 g/mol. The van der Waals surface area contributed by atoms with Gasteiger partial charge in [-0.15, -0.1) is 0 Å². The van der Waals surface area contributed by atoms with Gasteiger partial charge in [0.25, 0.3) is 5.56 Å². The molecule has 9 heteroatoms. The molecule has 1 aromatic heterocycles. The number of likely N-dealkylation sites (N-methyl/N-ethyl adjacent to an activating group) is 1. The van der Waals surface area contributed by atoms with E-state index < -0.39 is 5.92 Å². The number of amides is 1. The van der Waals surface area contributed by atoms with E-state index in [4.69, 9.17) is 9.47 Å². The van der Waals surface area contributed by atoms with Gasteiger partial charge in [-0.3, -0.25) is 14.6 Å². The number of fused-ring (bicyclic) bond motifs is 1. The lowest BCUT2D eigenvalue weighted by atomic mass is 9.86. The van der Waals surface area contributed by atoms with E-state index in [0.29, 0.717) is 28.8 Å². The van der Waals surface area contributed by atoms with Gasteiger partial charge in [0.2, 0.25) is 11.9 Å². The number of rotatable bonds is 5. The highest BCUT2D eigenvalue weighted by atomic mass is 16.5. The summed E-state index contributed by atoms with van der Waals surface area (Å²) in [5.41, 5.74) is 0.921. The van der Waals surface area contributed by atoms with Gasteiger partial charge in [0.05, 0.1) is 19.8 Å². The molecular weight excluding hydrogens is 386 g/mol. The molecule has 1 saturated heterocycles. The van der Waals surface area contributed by atoms with E-state index in [9.17, 15) is 9.59 Å². The molecule has 2 aliphatic rings. The van der Waals surface area contributed by atoms with Crippen LogP contribution in [0, 0.1) is 0 Å². The van der Waals surface area contributed by atoms with Gasteiger partial charge in [-0.05, 0) is 12.6 Å². The first-order valence-corrected chi connectivity index (χ1v) is 10.2. The van der Waals surface area contributed by atoms with E-state index in [1.807, 2.05) is 12.1 Å². The Labute approximate surface area is 175 Å². The number of aromatic nitrogens is 2. The molecule has 3 heterocycles. The van der Waals surface area contributed by atoms with Gasteiger partial charge in [0, 0.05) is 44.1 Å². The van der Waals surface area contributed by atoms with E-state index in [1.54, 1.807) is 20.3 Å². The number of hydrogen-bond acceptors (Lipinski definition) is 7. The first kappa shape index (κ1) is 20.2. The average Bonchev–Trinajstić information content (AvgIpc) is 2.77. The number of anilines is 2. The van der Waals surface area contributed by atoms with Crippen molar-refractivity contribution < 1.29 is 14.3 Å². The van der Waals surface area contributed by atoms with Crippen LogP contribution in [0.25, 0.3) is 0 Å². The summed E-state index contributed by atoms with van der Waals surface area (Å²) in [7, 11) is 3.11. The maximum absolute atomic E-state index is 13.1. The maximum atomic E-state index is 13.1. The van der Waals surface area contributed by atoms with E-state index in [1.165, 1.54) is 0 Å². The van der Waals surface area contributed by atoms with Crippen molar-refractivity contribution in [3.05, 3.63) is 39.7 Å². The Morgan fingerprint density at radius 1 is 1.13 bits per heavy atom. The normalized spacial score (nSPS) is 19.2. The second kappa shape index (κ2) is 8.35. The second-order valence-corrected chi connectivity index (χ2v) is 7.46. The first-order valence-electron chi connectivity index (χ1n) is 10.2. The molecule has 0 saturated carbocycles. The Balaban J connectivity index is 1.74. The van der Waals surface area contributed by atoms with E-state index >= 15 is 0 Å². The van der Waals surface area contributed by atoms with Crippen LogP contribution in [-0.4, -0.2) is 67.7 Å². The number of carbonyl (C=O) groups is 1. The third-order valence-electron chi connectivity index (χ3n) is 5.87. The minimum Gasteiger partial charge on any atom is -0.493 e. The predicted molar refractivity (Wildman–Crippen MR) is 114 cm³/mol. The van der Waals surface area contributed by atoms with Crippen LogP contribution in [0.3, 0.4) is 0 Å². The Morgan fingerprint density at radius 2 is 1.90 bits per heavy atom. The topological polar surface area (TPSA) is 99.8 Å². The average molecular weight is 413 g/mol. The molecule has 1 fully saturated rings. The predicted octanol–water partition coefficient (Wildman–Crippen LogP) is 1.40. The molecule has 0 bridgehead atoms. The van der Waals surface area contributed by atoms with Gasteiger partial charge in [0.15, 0.2) is 11.5 Å². The molecule has 2 aromatic rings. The summed E-state index contributed by atoms with van der Waals surface area (Å²) in [6.07, 6.45) is 0.135. The summed E-state index contributed by atoms with van der Waals surface area (Å²) in [6, 6.07) is 5.46. The number of hydrogen-bond donors (Lipinski definition) is 2. The number of ether oxygens (including phenoxy) is 2. The Morgan fingerprint density at radius 3 is 2.57 bits per heavy atom. The van der Waals surface area contributed by atoms with E-state index in [-0.39, 0.29) is 17.9 Å². The van der Waals surface area contributed by atoms with Crippen molar-refractivity contribution >= 4 is 17.7 Å². The van der Waals surface area contributed by atoms with Crippen molar-refractivity contribution in [2.45, 2.75) is 19.3 Å². The molecule has 2 N–H and O–H groups in total. The van der Waals surface area contributed by atoms with Crippen molar-refractivity contribution in [1.82, 2.24) is 14.9 Å². The molecule has 160 valence electrons. The number of carbonyl (C=O) groups excluding carboxylic acids is 1. The Bertz CT molecular complexity index is 997. The number of aromatic amines is 1. The summed E-state index contributed by atoms with van der Waals surface area (Å²) < 4.78 is 10.9. The van der Waals surface area contributed by atoms with Crippen molar-refractivity contribution in [3.63, 3.8) is 0 Å². The van der Waals surface area contributed by atoms with Crippen molar-refractivity contribution in [1.29, 1.82) is 0 Å². The zero-order valence-electron chi connectivity index (χ0n) is 17.5. The number of nitrogens with zero attached hydrogens (tertiary/aromatic N) is 3. The van der Waals surface area contributed by atoms with Gasteiger partial charge in [0.1, 0.15) is 5.82 Å². The standard InChI is InChI=1S/C21H27N5O4/c1-4-25-8-10-26(11-9-25)21-23-19-17(20(28)24-21)14(12-16(27)22-19)13-6-5-7-15(29-2)18(13)30-3/h5-7,14H,4,8-12H2,1-3H3,(H2,22,23,24,27,28)/t14-/m0/s1. The quantitative estimate of drug-likeness (QED) is 0.764. The van der Waals surface area contributed by atoms with Gasteiger partial charge in [-0.1, -0.05) is 19.1 Å². The van der Waals surface area contributed by atoms with Gasteiger partial charge in [-0.25, -0.2) is 0 Å². The zero-order chi connectivity index (χ0) is 21.3. The molecule has 0 aliphatic carbocycles. The highest BCUT2D eigenvalue weighted by molar-refractivity contribution is 5.94. The number of H-pyrrole nitrogens is 1. The third-order valence-corrected chi connectivity index (χ3v) is 5.87. The molecule has 1 aromatic carbocycles. The van der Waals surface area contributed by atoms with Crippen molar-refractivity contribution in [2.24, 2.45) is 0 Å². The van der Waals surface area contributed by atoms with Gasteiger partial charge >= 0.3 is 0 Å². The Kier molecular flexibility index (Phi) is 5.63. The molecule has 2 aliphatic heterocycles. The lowest BCUT2D eigenvalue weighted by Gasteiger charge is -2.35. The summed E-state index contributed by atoms with van der Waals surface area (Å²) in [6.45, 7) is 6.51. The van der Waals surface area contributed by atoms with Gasteiger partial charge in [-0.2, -0.15) is 4.98 Å². The molecule has 0 spiro atoms. The first-order chi connectivity index (χ1) is 14.5. The fourth-order valence-electron chi connectivity index (χ4n) is 4.24.